The third-order valence-corrected chi connectivity index (χ3v) is 7.60. The van der Waals surface area contributed by atoms with E-state index in [2.05, 4.69) is 4.99 Å². The van der Waals surface area contributed by atoms with E-state index in [9.17, 15) is 32.9 Å². The Bertz CT molecular complexity index is 1940. The minimum Gasteiger partial charge on any atom is -0.463 e. The number of nitro groups is 1. The van der Waals surface area contributed by atoms with Crippen molar-refractivity contribution < 1.29 is 32.0 Å². The predicted octanol–water partition coefficient (Wildman–Crippen LogP) is 5.47. The minimum atomic E-state index is -5.03. The van der Waals surface area contributed by atoms with Gasteiger partial charge in [0.05, 0.1) is 27.7 Å². The van der Waals surface area contributed by atoms with E-state index in [1.54, 1.807) is 19.1 Å². The van der Waals surface area contributed by atoms with Gasteiger partial charge in [0.2, 0.25) is 0 Å². The number of halogens is 4. The molecule has 0 saturated carbocycles. The lowest BCUT2D eigenvalue weighted by atomic mass is 9.95. The van der Waals surface area contributed by atoms with E-state index in [1.165, 1.54) is 55.5 Å². The topological polar surface area (TPSA) is 117 Å². The summed E-state index contributed by atoms with van der Waals surface area (Å²) in [5.74, 6) is -0.682. The van der Waals surface area contributed by atoms with Crippen LogP contribution >= 0.6 is 22.9 Å². The molecule has 1 aliphatic rings. The van der Waals surface area contributed by atoms with Gasteiger partial charge in [-0.1, -0.05) is 35.1 Å². The highest BCUT2D eigenvalue weighted by Crippen LogP contribution is 2.38. The third-order valence-electron chi connectivity index (χ3n) is 6.37. The molecule has 0 spiro atoms. The van der Waals surface area contributed by atoms with E-state index < -0.39 is 39.9 Å². The van der Waals surface area contributed by atoms with Gasteiger partial charge in [-0.15, -0.1) is 0 Å². The number of esters is 1. The monoisotopic (exact) mass is 617 g/mol. The highest BCUT2D eigenvalue weighted by Gasteiger charge is 2.45. The maximum absolute atomic E-state index is 14.2. The summed E-state index contributed by atoms with van der Waals surface area (Å²) in [7, 11) is 0. The van der Waals surface area contributed by atoms with E-state index in [4.69, 9.17) is 20.8 Å². The summed E-state index contributed by atoms with van der Waals surface area (Å²) in [4.78, 5) is 40.6. The Morgan fingerprint density at radius 3 is 2.55 bits per heavy atom. The average Bonchev–Trinajstić information content (AvgIpc) is 3.52. The maximum Gasteiger partial charge on any atom is 0.434 e. The number of fused-ring (bicyclic) bond motifs is 1. The zero-order valence-electron chi connectivity index (χ0n) is 21.8. The number of aryl methyl sites for hydroxylation is 1. The maximum atomic E-state index is 14.2. The molecule has 2 aromatic heterocycles. The number of hydrogen-bond donors (Lipinski definition) is 0. The number of benzene rings is 2. The lowest BCUT2D eigenvalue weighted by molar-refractivity contribution is -0.384. The molecule has 0 amide bonds. The van der Waals surface area contributed by atoms with Gasteiger partial charge in [-0.3, -0.25) is 19.5 Å². The van der Waals surface area contributed by atoms with Crippen molar-refractivity contribution in [1.29, 1.82) is 0 Å². The quantitative estimate of drug-likeness (QED) is 0.161. The summed E-state index contributed by atoms with van der Waals surface area (Å²) in [5, 5.41) is 11.4. The van der Waals surface area contributed by atoms with Crippen LogP contribution in [0, 0.1) is 17.0 Å². The zero-order chi connectivity index (χ0) is 30.3. The first-order chi connectivity index (χ1) is 19.9. The van der Waals surface area contributed by atoms with Crippen molar-refractivity contribution >= 4 is 40.7 Å². The van der Waals surface area contributed by atoms with Crippen LogP contribution in [-0.2, 0) is 9.53 Å². The van der Waals surface area contributed by atoms with Crippen LogP contribution in [0.15, 0.2) is 80.1 Å². The Morgan fingerprint density at radius 2 is 1.93 bits per heavy atom. The third kappa shape index (κ3) is 5.40. The number of thiazole rings is 1. The second-order valence-electron chi connectivity index (χ2n) is 9.07. The molecule has 0 bridgehead atoms. The number of ether oxygens (including phenoxy) is 1. The Kier molecular flexibility index (Phi) is 7.64. The Balaban J connectivity index is 1.67. The fourth-order valence-electron chi connectivity index (χ4n) is 4.54. The predicted molar refractivity (Wildman–Crippen MR) is 148 cm³/mol. The highest BCUT2D eigenvalue weighted by atomic mass is 35.5. The second kappa shape index (κ2) is 11.1. The van der Waals surface area contributed by atoms with Crippen LogP contribution < -0.4 is 14.9 Å². The van der Waals surface area contributed by atoms with Crippen LogP contribution in [0.5, 0.6) is 0 Å². The molecule has 0 aliphatic carbocycles. The van der Waals surface area contributed by atoms with Crippen molar-refractivity contribution in [2.24, 2.45) is 4.99 Å². The molecule has 9 nitrogen and oxygen atoms in total. The lowest BCUT2D eigenvalue weighted by Crippen LogP contribution is -2.41. The van der Waals surface area contributed by atoms with Crippen molar-refractivity contribution in [1.82, 2.24) is 4.57 Å². The van der Waals surface area contributed by atoms with Crippen LogP contribution in [0.25, 0.3) is 17.4 Å². The standard InChI is InChI=1S/C28H19ClF3N3O6S/c1-3-40-26(37)22-23(15-4-6-16(29)7-5-15)34-25(36)21(42-27(34)33-24(22)28(30,31)32)13-18-9-11-20(41-18)19-10-8-17(35(38)39)12-14(19)2/h4-13,23H,3H2,1-2H3/b21-13-/t23-/m0/s1. The molecule has 0 unspecified atom stereocenters. The molecule has 0 N–H and O–H groups in total. The van der Waals surface area contributed by atoms with Gasteiger partial charge in [0, 0.05) is 28.8 Å². The van der Waals surface area contributed by atoms with Crippen LogP contribution in [0.4, 0.5) is 18.9 Å². The number of allylic oxidation sites excluding steroid dienone is 1. The number of nitro benzene ring substituents is 1. The summed E-state index contributed by atoms with van der Waals surface area (Å²) in [6.07, 6.45) is -3.67. The number of nitrogens with zero attached hydrogens (tertiary/aromatic N) is 3. The first-order valence-corrected chi connectivity index (χ1v) is 13.5. The molecule has 42 heavy (non-hydrogen) atoms. The molecule has 216 valence electrons. The summed E-state index contributed by atoms with van der Waals surface area (Å²) < 4.78 is 54.5. The molecule has 5 rings (SSSR count). The molecule has 2 aromatic carbocycles. The summed E-state index contributed by atoms with van der Waals surface area (Å²) in [5.41, 5.74) is -1.70. The Hall–Kier alpha value is -4.49. The zero-order valence-corrected chi connectivity index (χ0v) is 23.3. The van der Waals surface area contributed by atoms with Gasteiger partial charge in [0.1, 0.15) is 11.5 Å². The van der Waals surface area contributed by atoms with Crippen LogP contribution in [0.3, 0.4) is 0 Å². The molecule has 1 atom stereocenters. The van der Waals surface area contributed by atoms with Crippen LogP contribution in [0.2, 0.25) is 5.02 Å². The number of carbonyl (C=O) groups is 1. The Morgan fingerprint density at radius 1 is 1.21 bits per heavy atom. The Labute approximate surface area is 243 Å². The first-order valence-electron chi connectivity index (χ1n) is 12.3. The van der Waals surface area contributed by atoms with Gasteiger partial charge in [-0.05, 0) is 55.3 Å². The first kappa shape index (κ1) is 29.0. The summed E-state index contributed by atoms with van der Waals surface area (Å²) in [6.45, 7) is 2.94. The molecular formula is C28H19ClF3N3O6S. The number of hydrogen-bond acceptors (Lipinski definition) is 8. The minimum absolute atomic E-state index is 0.000619. The molecule has 0 radical (unpaired) electrons. The molecule has 1 aliphatic heterocycles. The molecular weight excluding hydrogens is 599 g/mol. The van der Waals surface area contributed by atoms with E-state index in [0.29, 0.717) is 33.2 Å². The van der Waals surface area contributed by atoms with E-state index >= 15 is 0 Å². The second-order valence-corrected chi connectivity index (χ2v) is 10.5. The molecule has 14 heteroatoms. The molecule has 0 fully saturated rings. The smallest absolute Gasteiger partial charge is 0.434 e. The molecule has 3 heterocycles. The van der Waals surface area contributed by atoms with E-state index in [-0.39, 0.29) is 33.0 Å². The van der Waals surface area contributed by atoms with Crippen LogP contribution in [-0.4, -0.2) is 28.2 Å². The number of aromatic nitrogens is 1. The number of alkyl halides is 3. The van der Waals surface area contributed by atoms with E-state index in [0.717, 1.165) is 4.57 Å². The van der Waals surface area contributed by atoms with E-state index in [1.807, 2.05) is 0 Å². The number of non-ortho nitro benzene ring substituents is 1. The largest absolute Gasteiger partial charge is 0.463 e. The fourth-order valence-corrected chi connectivity index (χ4v) is 5.65. The van der Waals surface area contributed by atoms with Gasteiger partial charge < -0.3 is 9.15 Å². The van der Waals surface area contributed by atoms with Crippen LogP contribution in [0.1, 0.15) is 29.9 Å². The van der Waals surface area contributed by atoms with Crippen molar-refractivity contribution in [2.75, 3.05) is 6.61 Å². The fraction of sp³-hybridized carbons (Fsp3) is 0.179. The van der Waals surface area contributed by atoms with Gasteiger partial charge in [0.15, 0.2) is 10.5 Å². The number of rotatable bonds is 6. The van der Waals surface area contributed by atoms with Crippen molar-refractivity contribution in [3.05, 3.63) is 118 Å². The summed E-state index contributed by atoms with van der Waals surface area (Å²) in [6, 6.07) is 11.6. The lowest BCUT2D eigenvalue weighted by Gasteiger charge is -2.26. The number of furan rings is 1. The molecule has 4 aromatic rings. The number of carbonyl (C=O) groups excluding carboxylic acids is 1. The molecule has 0 saturated heterocycles. The summed E-state index contributed by atoms with van der Waals surface area (Å²) >= 11 is 6.69. The van der Waals surface area contributed by atoms with Gasteiger partial charge in [-0.25, -0.2) is 9.79 Å². The van der Waals surface area contributed by atoms with Gasteiger partial charge in [0.25, 0.3) is 11.2 Å². The van der Waals surface area contributed by atoms with Crippen molar-refractivity contribution in [3.8, 4) is 11.3 Å². The van der Waals surface area contributed by atoms with Gasteiger partial charge >= 0.3 is 12.1 Å². The highest BCUT2D eigenvalue weighted by molar-refractivity contribution is 7.07. The van der Waals surface area contributed by atoms with Crippen molar-refractivity contribution in [2.45, 2.75) is 26.1 Å². The van der Waals surface area contributed by atoms with Crippen molar-refractivity contribution in [3.63, 3.8) is 0 Å². The van der Waals surface area contributed by atoms with Gasteiger partial charge in [-0.2, -0.15) is 13.2 Å². The SMILES string of the molecule is CCOC(=O)C1=C(C(F)(F)F)N=c2s/c(=C\c3ccc(-c4ccc([N+](=O)[O-])cc4C)o3)c(=O)n2[C@H]1c1ccc(Cl)cc1. The average molecular weight is 618 g/mol. The normalized spacial score (nSPS) is 15.4.